The molecule has 0 fully saturated rings. The first-order chi connectivity index (χ1) is 10.9. The lowest BCUT2D eigenvalue weighted by Crippen LogP contribution is -1.84. The summed E-state index contributed by atoms with van der Waals surface area (Å²) in [5, 5.41) is 5.24. The molecule has 106 valence electrons. The van der Waals surface area contributed by atoms with Crippen LogP contribution in [0.4, 0.5) is 0 Å². The van der Waals surface area contributed by atoms with Crippen molar-refractivity contribution in [1.29, 1.82) is 0 Å². The van der Waals surface area contributed by atoms with Crippen LogP contribution in [0, 0.1) is 0 Å². The Bertz CT molecular complexity index is 964. The summed E-state index contributed by atoms with van der Waals surface area (Å²) < 4.78 is 0. The summed E-state index contributed by atoms with van der Waals surface area (Å²) in [4.78, 5) is 1.33. The molecule has 0 aromatic heterocycles. The fourth-order valence-corrected chi connectivity index (χ4v) is 3.72. The van der Waals surface area contributed by atoms with E-state index in [-0.39, 0.29) is 0 Å². The summed E-state index contributed by atoms with van der Waals surface area (Å²) in [5.74, 6) is 0. The van der Waals surface area contributed by atoms with Gasteiger partial charge in [-0.05, 0) is 45.7 Å². The monoisotopic (exact) mass is 300 g/mol. The van der Waals surface area contributed by atoms with E-state index in [1.807, 2.05) is 11.8 Å². The second-order valence-corrected chi connectivity index (χ2v) is 6.27. The van der Waals surface area contributed by atoms with E-state index < -0.39 is 0 Å². The second-order valence-electron chi connectivity index (χ2n) is 5.43. The van der Waals surface area contributed by atoms with Crippen LogP contribution in [0.2, 0.25) is 0 Å². The maximum atomic E-state index is 2.29. The summed E-state index contributed by atoms with van der Waals surface area (Å²) in [7, 11) is 0. The van der Waals surface area contributed by atoms with Crippen LogP contribution < -0.4 is 0 Å². The molecule has 4 aromatic rings. The van der Waals surface area contributed by atoms with Crippen LogP contribution in [0.1, 0.15) is 0 Å². The molecule has 0 radical (unpaired) electrons. The molecular formula is C21H16S. The van der Waals surface area contributed by atoms with E-state index in [0.29, 0.717) is 0 Å². The molecule has 0 nitrogen and oxygen atoms in total. The lowest BCUT2D eigenvalue weighted by atomic mass is 9.96. The first-order valence-electron chi connectivity index (χ1n) is 7.42. The highest BCUT2D eigenvalue weighted by Gasteiger charge is 2.08. The third-order valence-corrected chi connectivity index (χ3v) is 4.93. The van der Waals surface area contributed by atoms with Crippen LogP contribution in [-0.4, -0.2) is 6.26 Å². The normalized spacial score (nSPS) is 11.1. The molecule has 0 aliphatic rings. The van der Waals surface area contributed by atoms with Crippen LogP contribution in [0.25, 0.3) is 32.7 Å². The van der Waals surface area contributed by atoms with Crippen molar-refractivity contribution in [2.24, 2.45) is 0 Å². The summed E-state index contributed by atoms with van der Waals surface area (Å²) in [6, 6.07) is 28.4. The highest BCUT2D eigenvalue weighted by molar-refractivity contribution is 7.98. The molecular weight excluding hydrogens is 284 g/mol. The van der Waals surface area contributed by atoms with Gasteiger partial charge in [0.25, 0.3) is 0 Å². The quantitative estimate of drug-likeness (QED) is 0.387. The van der Waals surface area contributed by atoms with Gasteiger partial charge in [0, 0.05) is 10.3 Å². The van der Waals surface area contributed by atoms with Crippen LogP contribution in [0.15, 0.2) is 83.8 Å². The molecule has 0 spiro atoms. The van der Waals surface area contributed by atoms with Gasteiger partial charge in [-0.15, -0.1) is 11.8 Å². The zero-order valence-electron chi connectivity index (χ0n) is 12.4. The maximum absolute atomic E-state index is 2.29. The average Bonchev–Trinajstić information content (AvgIpc) is 2.60. The Morgan fingerprint density at radius 2 is 1.36 bits per heavy atom. The molecule has 0 amide bonds. The molecule has 0 aliphatic heterocycles. The standard InChI is InChI=1S/C21H16S/c1-22-20-11-5-9-16-8-4-10-19(21(16)20)18-13-12-15-6-2-3-7-17(15)14-18/h2-14H,1H3. The summed E-state index contributed by atoms with van der Waals surface area (Å²) in [6.45, 7) is 0. The Hall–Kier alpha value is -2.25. The first kappa shape index (κ1) is 13.4. The first-order valence-corrected chi connectivity index (χ1v) is 8.64. The average molecular weight is 300 g/mol. The Balaban J connectivity index is 2.03. The predicted molar refractivity (Wildman–Crippen MR) is 98.7 cm³/mol. The van der Waals surface area contributed by atoms with Crippen molar-refractivity contribution in [1.82, 2.24) is 0 Å². The summed E-state index contributed by atoms with van der Waals surface area (Å²) >= 11 is 1.81. The smallest absolute Gasteiger partial charge is 0.0154 e. The third-order valence-electron chi connectivity index (χ3n) is 4.15. The molecule has 1 heteroatoms. The van der Waals surface area contributed by atoms with Gasteiger partial charge in [-0.3, -0.25) is 0 Å². The van der Waals surface area contributed by atoms with E-state index in [1.54, 1.807) is 0 Å². The molecule has 22 heavy (non-hydrogen) atoms. The summed E-state index contributed by atoms with van der Waals surface area (Å²) in [6.07, 6.45) is 2.14. The number of rotatable bonds is 2. The molecule has 0 N–H and O–H groups in total. The summed E-state index contributed by atoms with van der Waals surface area (Å²) in [5.41, 5.74) is 2.60. The highest BCUT2D eigenvalue weighted by Crippen LogP contribution is 2.36. The van der Waals surface area contributed by atoms with Gasteiger partial charge in [0.05, 0.1) is 0 Å². The Labute approximate surface area is 134 Å². The minimum Gasteiger partial charge on any atom is -0.129 e. The topological polar surface area (TPSA) is 0 Å². The molecule has 0 aliphatic carbocycles. The number of thioether (sulfide) groups is 1. The molecule has 0 heterocycles. The predicted octanol–water partition coefficient (Wildman–Crippen LogP) is 6.38. The molecule has 0 unspecified atom stereocenters. The van der Waals surface area contributed by atoms with Gasteiger partial charge >= 0.3 is 0 Å². The highest BCUT2D eigenvalue weighted by atomic mass is 32.2. The molecule has 4 rings (SSSR count). The number of hydrogen-bond donors (Lipinski definition) is 0. The minimum atomic E-state index is 1.28. The molecule has 0 bridgehead atoms. The molecule has 0 saturated carbocycles. The van der Waals surface area contributed by atoms with Crippen molar-refractivity contribution in [3.8, 4) is 11.1 Å². The number of hydrogen-bond acceptors (Lipinski definition) is 1. The molecule has 4 aromatic carbocycles. The van der Waals surface area contributed by atoms with E-state index in [1.165, 1.54) is 37.6 Å². The van der Waals surface area contributed by atoms with Crippen LogP contribution in [0.5, 0.6) is 0 Å². The van der Waals surface area contributed by atoms with Crippen molar-refractivity contribution in [2.75, 3.05) is 6.26 Å². The van der Waals surface area contributed by atoms with Crippen LogP contribution in [0.3, 0.4) is 0 Å². The zero-order valence-corrected chi connectivity index (χ0v) is 13.2. The fraction of sp³-hybridized carbons (Fsp3) is 0.0476. The van der Waals surface area contributed by atoms with Gasteiger partial charge < -0.3 is 0 Å². The van der Waals surface area contributed by atoms with Crippen LogP contribution >= 0.6 is 11.8 Å². The molecule has 0 saturated heterocycles. The second kappa shape index (κ2) is 5.51. The zero-order chi connectivity index (χ0) is 14.9. The Morgan fingerprint density at radius 3 is 2.18 bits per heavy atom. The van der Waals surface area contributed by atoms with Gasteiger partial charge in [0.2, 0.25) is 0 Å². The van der Waals surface area contributed by atoms with Crippen molar-refractivity contribution < 1.29 is 0 Å². The maximum Gasteiger partial charge on any atom is 0.0154 e. The van der Waals surface area contributed by atoms with Crippen molar-refractivity contribution in [3.05, 3.63) is 78.9 Å². The number of benzene rings is 4. The van der Waals surface area contributed by atoms with Crippen LogP contribution in [-0.2, 0) is 0 Å². The largest absolute Gasteiger partial charge is 0.129 e. The lowest BCUT2D eigenvalue weighted by Gasteiger charge is -2.11. The van der Waals surface area contributed by atoms with E-state index >= 15 is 0 Å². The minimum absolute atomic E-state index is 1.28. The van der Waals surface area contributed by atoms with E-state index in [4.69, 9.17) is 0 Å². The van der Waals surface area contributed by atoms with E-state index in [9.17, 15) is 0 Å². The van der Waals surface area contributed by atoms with Gasteiger partial charge in [-0.1, -0.05) is 66.7 Å². The fourth-order valence-electron chi connectivity index (χ4n) is 3.07. The van der Waals surface area contributed by atoms with Crippen molar-refractivity contribution in [2.45, 2.75) is 4.90 Å². The van der Waals surface area contributed by atoms with Gasteiger partial charge in [-0.2, -0.15) is 0 Å². The Morgan fingerprint density at radius 1 is 0.636 bits per heavy atom. The molecule has 0 atom stereocenters. The van der Waals surface area contributed by atoms with Crippen molar-refractivity contribution >= 4 is 33.3 Å². The third kappa shape index (κ3) is 2.18. The van der Waals surface area contributed by atoms with E-state index in [2.05, 4.69) is 85.1 Å². The van der Waals surface area contributed by atoms with E-state index in [0.717, 1.165) is 0 Å². The number of fused-ring (bicyclic) bond motifs is 2. The van der Waals surface area contributed by atoms with Gasteiger partial charge in [0.1, 0.15) is 0 Å². The lowest BCUT2D eigenvalue weighted by molar-refractivity contribution is 1.54. The SMILES string of the molecule is CSc1cccc2cccc(-c3ccc4ccccc4c3)c12. The van der Waals surface area contributed by atoms with Gasteiger partial charge in [-0.25, -0.2) is 0 Å². The van der Waals surface area contributed by atoms with Gasteiger partial charge in [0.15, 0.2) is 0 Å². The van der Waals surface area contributed by atoms with Crippen molar-refractivity contribution in [3.63, 3.8) is 0 Å². The Kier molecular flexibility index (Phi) is 3.36.